The van der Waals surface area contributed by atoms with Crippen molar-refractivity contribution in [3.05, 3.63) is 0 Å². The monoisotopic (exact) mass is 480 g/mol. The summed E-state index contributed by atoms with van der Waals surface area (Å²) in [5, 5.41) is 3.52. The molecule has 0 bridgehead atoms. The van der Waals surface area contributed by atoms with Crippen LogP contribution in [0.3, 0.4) is 0 Å². The molecule has 26 heavy (non-hydrogen) atoms. The van der Waals surface area contributed by atoms with Crippen LogP contribution in [0.1, 0.15) is 46.5 Å². The van der Waals surface area contributed by atoms with Crippen LogP contribution in [-0.4, -0.2) is 74.1 Å². The van der Waals surface area contributed by atoms with E-state index in [4.69, 9.17) is 4.74 Å². The Morgan fingerprint density at radius 3 is 2.58 bits per heavy atom. The summed E-state index contributed by atoms with van der Waals surface area (Å²) in [4.78, 5) is 21.3. The van der Waals surface area contributed by atoms with Gasteiger partial charge >= 0.3 is 5.97 Å². The van der Waals surface area contributed by atoms with E-state index in [9.17, 15) is 4.79 Å². The van der Waals surface area contributed by atoms with Gasteiger partial charge in [0.05, 0.1) is 12.5 Å². The minimum atomic E-state index is -0.0709. The topological polar surface area (TPSA) is 57.2 Å². The maximum absolute atomic E-state index is 12.0. The van der Waals surface area contributed by atoms with Gasteiger partial charge in [-0.1, -0.05) is 6.92 Å². The molecule has 6 nitrogen and oxygen atoms in total. The molecule has 2 saturated heterocycles. The summed E-state index contributed by atoms with van der Waals surface area (Å²) in [6, 6.07) is 0.495. The van der Waals surface area contributed by atoms with Gasteiger partial charge in [0.15, 0.2) is 5.96 Å². The van der Waals surface area contributed by atoms with Crippen molar-refractivity contribution in [3.63, 3.8) is 0 Å². The minimum absolute atomic E-state index is 0. The van der Waals surface area contributed by atoms with Crippen LogP contribution in [-0.2, 0) is 9.53 Å². The summed E-state index contributed by atoms with van der Waals surface area (Å²) in [5.74, 6) is 1.66. The number of hydrogen-bond acceptors (Lipinski definition) is 4. The van der Waals surface area contributed by atoms with E-state index in [1.807, 2.05) is 14.0 Å². The molecule has 0 radical (unpaired) electrons. The van der Waals surface area contributed by atoms with Crippen LogP contribution in [0.15, 0.2) is 4.99 Å². The van der Waals surface area contributed by atoms with Gasteiger partial charge in [0.25, 0.3) is 0 Å². The van der Waals surface area contributed by atoms with Gasteiger partial charge in [0.1, 0.15) is 0 Å². The van der Waals surface area contributed by atoms with E-state index in [0.717, 1.165) is 37.8 Å². The second-order valence-electron chi connectivity index (χ2n) is 7.53. The summed E-state index contributed by atoms with van der Waals surface area (Å²) in [6.07, 6.45) is 4.51. The van der Waals surface area contributed by atoms with Crippen molar-refractivity contribution in [1.29, 1.82) is 0 Å². The number of guanidine groups is 1. The normalized spacial score (nSPS) is 23.9. The zero-order valence-electron chi connectivity index (χ0n) is 16.9. The van der Waals surface area contributed by atoms with E-state index >= 15 is 0 Å². The van der Waals surface area contributed by atoms with E-state index in [1.165, 1.54) is 25.9 Å². The number of halogens is 1. The van der Waals surface area contributed by atoms with Crippen LogP contribution < -0.4 is 5.32 Å². The van der Waals surface area contributed by atoms with Gasteiger partial charge < -0.3 is 15.0 Å². The van der Waals surface area contributed by atoms with E-state index in [0.29, 0.717) is 19.2 Å². The molecule has 2 rings (SSSR count). The number of rotatable bonds is 5. The molecule has 2 aliphatic heterocycles. The number of carbonyl (C=O) groups is 1. The zero-order valence-corrected chi connectivity index (χ0v) is 19.2. The Hall–Kier alpha value is -0.570. The highest BCUT2D eigenvalue weighted by Gasteiger charge is 2.29. The fourth-order valence-corrected chi connectivity index (χ4v) is 3.79. The number of ether oxygens (including phenoxy) is 1. The van der Waals surface area contributed by atoms with Crippen molar-refractivity contribution in [2.45, 2.75) is 52.5 Å². The van der Waals surface area contributed by atoms with Crippen LogP contribution in [0.4, 0.5) is 0 Å². The second kappa shape index (κ2) is 12.0. The number of piperidine rings is 2. The standard InChI is InChI=1S/C19H36N4O2.HI/c1-5-25-18(24)17-7-6-10-23(14-17)19(20-4)21-13-16(3)22-11-8-15(2)9-12-22;/h15-17H,5-14H2,1-4H3,(H,20,21);1H. The molecule has 0 saturated carbocycles. The highest BCUT2D eigenvalue weighted by atomic mass is 127. The maximum atomic E-state index is 12.0. The van der Waals surface area contributed by atoms with Crippen molar-refractivity contribution in [2.24, 2.45) is 16.8 Å². The molecule has 2 unspecified atom stereocenters. The first kappa shape index (κ1) is 23.5. The molecule has 152 valence electrons. The SMILES string of the molecule is CCOC(=O)C1CCCN(C(=NC)NCC(C)N2CCC(C)CC2)C1.I. The molecule has 2 fully saturated rings. The lowest BCUT2D eigenvalue weighted by Crippen LogP contribution is -2.52. The van der Waals surface area contributed by atoms with Crippen LogP contribution in [0.25, 0.3) is 0 Å². The van der Waals surface area contributed by atoms with E-state index in [1.54, 1.807) is 0 Å². The Labute approximate surface area is 176 Å². The Morgan fingerprint density at radius 1 is 1.27 bits per heavy atom. The van der Waals surface area contributed by atoms with Crippen molar-refractivity contribution >= 4 is 35.9 Å². The molecule has 0 aliphatic carbocycles. The molecule has 7 heteroatoms. The fourth-order valence-electron chi connectivity index (χ4n) is 3.79. The average Bonchev–Trinajstić information content (AvgIpc) is 2.63. The zero-order chi connectivity index (χ0) is 18.2. The molecule has 1 N–H and O–H groups in total. The Kier molecular flexibility index (Phi) is 10.8. The predicted molar refractivity (Wildman–Crippen MR) is 117 cm³/mol. The Morgan fingerprint density at radius 2 is 1.96 bits per heavy atom. The molecule has 0 aromatic carbocycles. The Balaban J connectivity index is 0.00000338. The van der Waals surface area contributed by atoms with Crippen molar-refractivity contribution in [3.8, 4) is 0 Å². The number of hydrogen-bond donors (Lipinski definition) is 1. The lowest BCUT2D eigenvalue weighted by Gasteiger charge is -2.37. The quantitative estimate of drug-likeness (QED) is 0.284. The summed E-state index contributed by atoms with van der Waals surface area (Å²) in [5.41, 5.74) is 0. The summed E-state index contributed by atoms with van der Waals surface area (Å²) in [6.45, 7) is 11.9. The third kappa shape index (κ3) is 6.87. The molecule has 2 atom stereocenters. The van der Waals surface area contributed by atoms with Crippen molar-refractivity contribution < 1.29 is 9.53 Å². The summed E-state index contributed by atoms with van der Waals surface area (Å²) in [7, 11) is 1.82. The third-order valence-electron chi connectivity index (χ3n) is 5.55. The van der Waals surface area contributed by atoms with Gasteiger partial charge in [-0.2, -0.15) is 0 Å². The van der Waals surface area contributed by atoms with E-state index in [-0.39, 0.29) is 35.9 Å². The van der Waals surface area contributed by atoms with Crippen LogP contribution in [0.2, 0.25) is 0 Å². The molecule has 0 spiro atoms. The fraction of sp³-hybridized carbons (Fsp3) is 0.895. The summed E-state index contributed by atoms with van der Waals surface area (Å²) >= 11 is 0. The number of nitrogens with zero attached hydrogens (tertiary/aromatic N) is 3. The third-order valence-corrected chi connectivity index (χ3v) is 5.55. The largest absolute Gasteiger partial charge is 0.466 e. The first-order valence-electron chi connectivity index (χ1n) is 9.91. The van der Waals surface area contributed by atoms with Gasteiger partial charge in [0, 0.05) is 32.7 Å². The molecule has 0 aromatic rings. The van der Waals surface area contributed by atoms with E-state index in [2.05, 4.69) is 34.0 Å². The van der Waals surface area contributed by atoms with Crippen LogP contribution >= 0.6 is 24.0 Å². The number of likely N-dealkylation sites (tertiary alicyclic amines) is 2. The van der Waals surface area contributed by atoms with Crippen LogP contribution in [0, 0.1) is 11.8 Å². The molecule has 0 aromatic heterocycles. The first-order valence-corrected chi connectivity index (χ1v) is 9.91. The van der Waals surface area contributed by atoms with Gasteiger partial charge in [-0.3, -0.25) is 14.7 Å². The maximum Gasteiger partial charge on any atom is 0.310 e. The first-order chi connectivity index (χ1) is 12.0. The predicted octanol–water partition coefficient (Wildman–Crippen LogP) is 2.58. The smallest absolute Gasteiger partial charge is 0.310 e. The Bertz CT molecular complexity index is 453. The number of esters is 1. The number of nitrogens with one attached hydrogen (secondary N) is 1. The lowest BCUT2D eigenvalue weighted by molar-refractivity contribution is -0.149. The molecule has 2 heterocycles. The van der Waals surface area contributed by atoms with E-state index < -0.39 is 0 Å². The molecular formula is C19H37IN4O2. The molecular weight excluding hydrogens is 443 g/mol. The minimum Gasteiger partial charge on any atom is -0.466 e. The van der Waals surface area contributed by atoms with Crippen molar-refractivity contribution in [1.82, 2.24) is 15.1 Å². The van der Waals surface area contributed by atoms with Crippen LogP contribution in [0.5, 0.6) is 0 Å². The number of carbonyl (C=O) groups excluding carboxylic acids is 1. The van der Waals surface area contributed by atoms with Gasteiger partial charge in [-0.15, -0.1) is 24.0 Å². The average molecular weight is 480 g/mol. The highest BCUT2D eigenvalue weighted by Crippen LogP contribution is 2.19. The van der Waals surface area contributed by atoms with Crippen molar-refractivity contribution in [2.75, 3.05) is 46.4 Å². The molecule has 0 amide bonds. The second-order valence-corrected chi connectivity index (χ2v) is 7.53. The van der Waals surface area contributed by atoms with Gasteiger partial charge in [0.2, 0.25) is 0 Å². The summed E-state index contributed by atoms with van der Waals surface area (Å²) < 4.78 is 5.20. The number of aliphatic imine (C=N–C) groups is 1. The lowest BCUT2D eigenvalue weighted by atomic mass is 9.98. The van der Waals surface area contributed by atoms with Gasteiger partial charge in [-0.25, -0.2) is 0 Å². The van der Waals surface area contributed by atoms with Gasteiger partial charge in [-0.05, 0) is 58.5 Å². The molecule has 2 aliphatic rings. The highest BCUT2D eigenvalue weighted by molar-refractivity contribution is 14.0.